The number of rotatable bonds is 2. The molecule has 2 amide bonds. The third kappa shape index (κ3) is 3.14. The highest BCUT2D eigenvalue weighted by atomic mass is 32.2. The van der Waals surface area contributed by atoms with Crippen molar-refractivity contribution < 1.29 is 9.59 Å². The number of thioether (sulfide) groups is 1. The number of amides is 2. The molecule has 0 spiro atoms. The molecule has 2 N–H and O–H groups in total. The zero-order chi connectivity index (χ0) is 11.4. The van der Waals surface area contributed by atoms with E-state index in [-0.39, 0.29) is 17.2 Å². The fourth-order valence-electron chi connectivity index (χ4n) is 2.26. The van der Waals surface area contributed by atoms with Gasteiger partial charge in [-0.3, -0.25) is 4.79 Å². The second-order valence-corrected chi connectivity index (χ2v) is 5.56. The fraction of sp³-hybridized carbons (Fsp3) is 0.818. The topological polar surface area (TPSA) is 58.2 Å². The van der Waals surface area contributed by atoms with E-state index < -0.39 is 0 Å². The Kier molecular flexibility index (Phi) is 4.09. The summed E-state index contributed by atoms with van der Waals surface area (Å²) in [6.45, 7) is 0. The van der Waals surface area contributed by atoms with Crippen LogP contribution in [0.1, 0.15) is 38.5 Å². The minimum Gasteiger partial charge on any atom is -0.335 e. The smallest absolute Gasteiger partial charge is 0.315 e. The summed E-state index contributed by atoms with van der Waals surface area (Å²) in [5.74, 6) is 0.827. The SMILES string of the molecule is O=C(NC1CCCCC1)NC1CCSC1=O. The van der Waals surface area contributed by atoms with E-state index >= 15 is 0 Å². The molecule has 0 aromatic rings. The largest absolute Gasteiger partial charge is 0.335 e. The Morgan fingerprint density at radius 3 is 2.50 bits per heavy atom. The van der Waals surface area contributed by atoms with Crippen molar-refractivity contribution in [1.82, 2.24) is 10.6 Å². The molecule has 1 unspecified atom stereocenters. The molecule has 0 radical (unpaired) electrons. The van der Waals surface area contributed by atoms with Crippen molar-refractivity contribution in [3.05, 3.63) is 0 Å². The molecule has 90 valence electrons. The molecule has 1 heterocycles. The Labute approximate surface area is 99.9 Å². The molecule has 1 saturated carbocycles. The summed E-state index contributed by atoms with van der Waals surface area (Å²) in [7, 11) is 0. The summed E-state index contributed by atoms with van der Waals surface area (Å²) in [4.78, 5) is 23.0. The van der Waals surface area contributed by atoms with Crippen molar-refractivity contribution >= 4 is 22.9 Å². The maximum absolute atomic E-state index is 11.6. The van der Waals surface area contributed by atoms with Gasteiger partial charge in [-0.2, -0.15) is 0 Å². The molecule has 1 atom stereocenters. The second kappa shape index (κ2) is 5.57. The van der Waals surface area contributed by atoms with Crippen LogP contribution in [-0.2, 0) is 4.79 Å². The van der Waals surface area contributed by atoms with Crippen LogP contribution < -0.4 is 10.6 Å². The lowest BCUT2D eigenvalue weighted by molar-refractivity contribution is -0.112. The molecule has 1 aliphatic heterocycles. The molecule has 0 bridgehead atoms. The molecule has 4 nitrogen and oxygen atoms in total. The van der Waals surface area contributed by atoms with E-state index in [0.29, 0.717) is 6.04 Å². The van der Waals surface area contributed by atoms with E-state index in [4.69, 9.17) is 0 Å². The summed E-state index contributed by atoms with van der Waals surface area (Å²) in [6, 6.07) is -0.140. The van der Waals surface area contributed by atoms with Crippen molar-refractivity contribution in [1.29, 1.82) is 0 Å². The maximum Gasteiger partial charge on any atom is 0.315 e. The van der Waals surface area contributed by atoms with Gasteiger partial charge in [0.15, 0.2) is 0 Å². The second-order valence-electron chi connectivity index (χ2n) is 4.46. The Morgan fingerprint density at radius 1 is 1.12 bits per heavy atom. The van der Waals surface area contributed by atoms with Crippen LogP contribution in [-0.4, -0.2) is 29.0 Å². The first-order chi connectivity index (χ1) is 7.75. The number of nitrogens with one attached hydrogen (secondary N) is 2. The van der Waals surface area contributed by atoms with Crippen LogP contribution in [0.25, 0.3) is 0 Å². The Morgan fingerprint density at radius 2 is 1.88 bits per heavy atom. The highest BCUT2D eigenvalue weighted by Gasteiger charge is 2.27. The van der Waals surface area contributed by atoms with Gasteiger partial charge in [0.05, 0.1) is 0 Å². The van der Waals surface area contributed by atoms with Gasteiger partial charge in [-0.1, -0.05) is 31.0 Å². The van der Waals surface area contributed by atoms with Crippen molar-refractivity contribution in [3.63, 3.8) is 0 Å². The maximum atomic E-state index is 11.6. The molecule has 0 aromatic heterocycles. The molecule has 2 fully saturated rings. The van der Waals surface area contributed by atoms with E-state index in [1.807, 2.05) is 0 Å². The highest BCUT2D eigenvalue weighted by molar-refractivity contribution is 8.14. The van der Waals surface area contributed by atoms with Crippen LogP contribution in [0.2, 0.25) is 0 Å². The molecule has 0 aromatic carbocycles. The van der Waals surface area contributed by atoms with E-state index in [2.05, 4.69) is 10.6 Å². The number of carbonyl (C=O) groups excluding carboxylic acids is 2. The summed E-state index contributed by atoms with van der Waals surface area (Å²) in [5, 5.41) is 5.81. The first kappa shape index (κ1) is 11.8. The molecule has 5 heteroatoms. The third-order valence-electron chi connectivity index (χ3n) is 3.18. The van der Waals surface area contributed by atoms with Crippen LogP contribution >= 0.6 is 11.8 Å². The minimum absolute atomic E-state index is 0.0961. The lowest BCUT2D eigenvalue weighted by Gasteiger charge is -2.23. The first-order valence-corrected chi connectivity index (χ1v) is 6.98. The monoisotopic (exact) mass is 242 g/mol. The molecule has 2 rings (SSSR count). The van der Waals surface area contributed by atoms with Crippen molar-refractivity contribution in [2.75, 3.05) is 5.75 Å². The Balaban J connectivity index is 1.72. The average molecular weight is 242 g/mol. The van der Waals surface area contributed by atoms with Gasteiger partial charge in [0, 0.05) is 11.8 Å². The zero-order valence-electron chi connectivity index (χ0n) is 9.33. The lowest BCUT2D eigenvalue weighted by Crippen LogP contribution is -2.47. The van der Waals surface area contributed by atoms with Gasteiger partial charge < -0.3 is 10.6 Å². The highest BCUT2D eigenvalue weighted by Crippen LogP contribution is 2.20. The van der Waals surface area contributed by atoms with Gasteiger partial charge in [-0.25, -0.2) is 4.79 Å². The zero-order valence-corrected chi connectivity index (χ0v) is 10.1. The third-order valence-corrected chi connectivity index (χ3v) is 4.19. The van der Waals surface area contributed by atoms with Gasteiger partial charge in [0.1, 0.15) is 6.04 Å². The van der Waals surface area contributed by atoms with Crippen LogP contribution in [0.3, 0.4) is 0 Å². The molecular weight excluding hydrogens is 224 g/mol. The normalized spacial score (nSPS) is 26.8. The number of carbonyl (C=O) groups is 2. The van der Waals surface area contributed by atoms with Crippen molar-refractivity contribution in [3.8, 4) is 0 Å². The Bertz CT molecular complexity index is 277. The summed E-state index contributed by atoms with van der Waals surface area (Å²) in [5.41, 5.74) is 0. The van der Waals surface area contributed by atoms with Gasteiger partial charge >= 0.3 is 6.03 Å². The minimum atomic E-state index is -0.270. The van der Waals surface area contributed by atoms with Crippen LogP contribution in [0, 0.1) is 0 Å². The van der Waals surface area contributed by atoms with Crippen molar-refractivity contribution in [2.45, 2.75) is 50.6 Å². The van der Waals surface area contributed by atoms with Crippen LogP contribution in [0.4, 0.5) is 4.79 Å². The number of urea groups is 1. The van der Waals surface area contributed by atoms with Gasteiger partial charge in [-0.15, -0.1) is 0 Å². The lowest BCUT2D eigenvalue weighted by atomic mass is 9.96. The van der Waals surface area contributed by atoms with Crippen LogP contribution in [0.5, 0.6) is 0 Å². The molecular formula is C11H18N2O2S. The quantitative estimate of drug-likeness (QED) is 0.774. The number of hydrogen-bond acceptors (Lipinski definition) is 3. The van der Waals surface area contributed by atoms with E-state index in [0.717, 1.165) is 25.0 Å². The van der Waals surface area contributed by atoms with Crippen LogP contribution in [0.15, 0.2) is 0 Å². The van der Waals surface area contributed by atoms with E-state index in [1.54, 1.807) is 0 Å². The standard InChI is InChI=1S/C11H18N2O2S/c14-10-9(6-7-16-10)13-11(15)12-8-4-2-1-3-5-8/h8-9H,1-7H2,(H2,12,13,15). The van der Waals surface area contributed by atoms with Gasteiger partial charge in [0.25, 0.3) is 0 Å². The number of hydrogen-bond donors (Lipinski definition) is 2. The van der Waals surface area contributed by atoms with E-state index in [9.17, 15) is 9.59 Å². The summed E-state index contributed by atoms with van der Waals surface area (Å²) >= 11 is 1.31. The summed E-state index contributed by atoms with van der Waals surface area (Å²) in [6.07, 6.45) is 6.58. The molecule has 1 saturated heterocycles. The molecule has 16 heavy (non-hydrogen) atoms. The average Bonchev–Trinajstić information content (AvgIpc) is 2.66. The fourth-order valence-corrected chi connectivity index (χ4v) is 3.19. The van der Waals surface area contributed by atoms with Crippen molar-refractivity contribution in [2.24, 2.45) is 0 Å². The van der Waals surface area contributed by atoms with Gasteiger partial charge in [-0.05, 0) is 19.3 Å². The first-order valence-electron chi connectivity index (χ1n) is 5.99. The Hall–Kier alpha value is -0.710. The van der Waals surface area contributed by atoms with Gasteiger partial charge in [0.2, 0.25) is 5.12 Å². The van der Waals surface area contributed by atoms with E-state index in [1.165, 1.54) is 31.0 Å². The summed E-state index contributed by atoms with van der Waals surface area (Å²) < 4.78 is 0. The predicted octanol–water partition coefficient (Wildman–Crippen LogP) is 1.65. The molecule has 1 aliphatic carbocycles. The predicted molar refractivity (Wildman–Crippen MR) is 64.4 cm³/mol. The molecule has 2 aliphatic rings.